The fraction of sp³-hybridized carbons (Fsp3) is 0.556. The maximum Gasteiger partial charge on any atom is 0.225 e. The molecule has 1 amide bonds. The van der Waals surface area contributed by atoms with Crippen molar-refractivity contribution in [3.05, 3.63) is 29.8 Å². The smallest absolute Gasteiger partial charge is 0.225 e. The highest BCUT2D eigenvalue weighted by atomic mass is 16.1. The Kier molecular flexibility index (Phi) is 5.35. The van der Waals surface area contributed by atoms with E-state index in [1.54, 1.807) is 7.05 Å². The zero-order valence-corrected chi connectivity index (χ0v) is 14.5. The van der Waals surface area contributed by atoms with E-state index in [9.17, 15) is 4.79 Å². The van der Waals surface area contributed by atoms with Crippen molar-refractivity contribution in [2.75, 3.05) is 45.6 Å². The van der Waals surface area contributed by atoms with Gasteiger partial charge < -0.3 is 20.9 Å². The minimum absolute atomic E-state index is 0.0810. The number of hydrogen-bond donors (Lipinski definition) is 3. The summed E-state index contributed by atoms with van der Waals surface area (Å²) in [5.41, 5.74) is 2.12. The fourth-order valence-electron chi connectivity index (χ4n) is 3.56. The van der Waals surface area contributed by atoms with Crippen LogP contribution in [0.5, 0.6) is 0 Å². The molecule has 1 fully saturated rings. The van der Waals surface area contributed by atoms with Gasteiger partial charge >= 0.3 is 0 Å². The van der Waals surface area contributed by atoms with Crippen molar-refractivity contribution in [3.8, 4) is 0 Å². The molecule has 0 aliphatic carbocycles. The van der Waals surface area contributed by atoms with Crippen LogP contribution >= 0.6 is 0 Å². The number of carbonyl (C=O) groups excluding carboxylic acids is 1. The maximum absolute atomic E-state index is 11.9. The summed E-state index contributed by atoms with van der Waals surface area (Å²) in [6, 6.07) is 8.02. The standard InChI is InChI=1S/C18H27N5O/c1-19-18(20-10-13-7-8-23(2)12-13)21-11-14-9-17(24)22-16-6-4-3-5-15(14)16/h3-6,13-14H,7-12H2,1-2H3,(H,22,24)(H2,19,20,21). The summed E-state index contributed by atoms with van der Waals surface area (Å²) in [6.45, 7) is 3.95. The largest absolute Gasteiger partial charge is 0.356 e. The van der Waals surface area contributed by atoms with Crippen LogP contribution in [0.2, 0.25) is 0 Å². The quantitative estimate of drug-likeness (QED) is 0.574. The van der Waals surface area contributed by atoms with Crippen LogP contribution in [-0.2, 0) is 4.79 Å². The molecule has 2 aliphatic heterocycles. The number of carbonyl (C=O) groups is 1. The van der Waals surface area contributed by atoms with Gasteiger partial charge in [-0.1, -0.05) is 18.2 Å². The Morgan fingerprint density at radius 3 is 2.88 bits per heavy atom. The van der Waals surface area contributed by atoms with Crippen molar-refractivity contribution in [2.24, 2.45) is 10.9 Å². The number of guanidine groups is 1. The van der Waals surface area contributed by atoms with Crippen molar-refractivity contribution in [2.45, 2.75) is 18.8 Å². The summed E-state index contributed by atoms with van der Waals surface area (Å²) >= 11 is 0. The van der Waals surface area contributed by atoms with Gasteiger partial charge in [-0.3, -0.25) is 9.79 Å². The van der Waals surface area contributed by atoms with Gasteiger partial charge in [0.1, 0.15) is 0 Å². The summed E-state index contributed by atoms with van der Waals surface area (Å²) in [5, 5.41) is 9.74. The Labute approximate surface area is 143 Å². The summed E-state index contributed by atoms with van der Waals surface area (Å²) in [5.74, 6) is 1.74. The van der Waals surface area contributed by atoms with Crippen molar-refractivity contribution in [1.29, 1.82) is 0 Å². The number of rotatable bonds is 4. The molecule has 3 N–H and O–H groups in total. The van der Waals surface area contributed by atoms with Crippen molar-refractivity contribution >= 4 is 17.6 Å². The molecule has 2 unspecified atom stereocenters. The number of fused-ring (bicyclic) bond motifs is 1. The molecule has 6 nitrogen and oxygen atoms in total. The minimum Gasteiger partial charge on any atom is -0.356 e. The topological polar surface area (TPSA) is 68.8 Å². The second-order valence-electron chi connectivity index (χ2n) is 6.79. The van der Waals surface area contributed by atoms with Crippen LogP contribution < -0.4 is 16.0 Å². The van der Waals surface area contributed by atoms with E-state index in [-0.39, 0.29) is 11.8 Å². The molecule has 1 saturated heterocycles. The molecule has 24 heavy (non-hydrogen) atoms. The van der Waals surface area contributed by atoms with Crippen LogP contribution in [0.15, 0.2) is 29.3 Å². The number of benzene rings is 1. The van der Waals surface area contributed by atoms with Gasteiger partial charge in [-0.15, -0.1) is 0 Å². The highest BCUT2D eigenvalue weighted by Gasteiger charge is 2.25. The number of hydrogen-bond acceptors (Lipinski definition) is 3. The van der Waals surface area contributed by atoms with Crippen LogP contribution in [0, 0.1) is 5.92 Å². The van der Waals surface area contributed by atoms with Gasteiger partial charge in [0.2, 0.25) is 5.91 Å². The Morgan fingerprint density at radius 1 is 1.33 bits per heavy atom. The zero-order chi connectivity index (χ0) is 16.9. The molecule has 1 aromatic rings. The second-order valence-corrected chi connectivity index (χ2v) is 6.79. The van der Waals surface area contributed by atoms with E-state index < -0.39 is 0 Å². The number of nitrogens with one attached hydrogen (secondary N) is 3. The number of aliphatic imine (C=N–C) groups is 1. The molecular weight excluding hydrogens is 302 g/mol. The lowest BCUT2D eigenvalue weighted by molar-refractivity contribution is -0.116. The first kappa shape index (κ1) is 16.8. The fourth-order valence-corrected chi connectivity index (χ4v) is 3.56. The lowest BCUT2D eigenvalue weighted by atomic mass is 9.90. The molecule has 0 radical (unpaired) electrons. The van der Waals surface area contributed by atoms with E-state index in [1.807, 2.05) is 18.2 Å². The maximum atomic E-state index is 11.9. The van der Waals surface area contributed by atoms with E-state index >= 15 is 0 Å². The number of para-hydroxylation sites is 1. The van der Waals surface area contributed by atoms with Gasteiger partial charge in [0, 0.05) is 44.7 Å². The zero-order valence-electron chi connectivity index (χ0n) is 14.5. The summed E-state index contributed by atoms with van der Waals surface area (Å²) in [7, 11) is 3.95. The molecular formula is C18H27N5O. The van der Waals surface area contributed by atoms with Crippen LogP contribution in [0.25, 0.3) is 0 Å². The van der Waals surface area contributed by atoms with E-state index in [0.29, 0.717) is 18.9 Å². The van der Waals surface area contributed by atoms with E-state index in [0.717, 1.165) is 24.7 Å². The molecule has 0 aromatic heterocycles. The average Bonchev–Trinajstić information content (AvgIpc) is 3.00. The normalized spacial score (nSPS) is 24.4. The van der Waals surface area contributed by atoms with Crippen molar-refractivity contribution < 1.29 is 4.79 Å². The Morgan fingerprint density at radius 2 is 2.12 bits per heavy atom. The Hall–Kier alpha value is -2.08. The first-order chi connectivity index (χ1) is 11.7. The van der Waals surface area contributed by atoms with E-state index in [4.69, 9.17) is 0 Å². The molecule has 2 atom stereocenters. The first-order valence-corrected chi connectivity index (χ1v) is 8.67. The van der Waals surface area contributed by atoms with Gasteiger partial charge in [0.15, 0.2) is 5.96 Å². The van der Waals surface area contributed by atoms with Gasteiger partial charge in [-0.2, -0.15) is 0 Å². The number of likely N-dealkylation sites (tertiary alicyclic amines) is 1. The van der Waals surface area contributed by atoms with Gasteiger partial charge in [0.25, 0.3) is 0 Å². The summed E-state index contributed by atoms with van der Waals surface area (Å²) in [6.07, 6.45) is 1.74. The minimum atomic E-state index is 0.0810. The third-order valence-corrected chi connectivity index (χ3v) is 4.89. The number of nitrogens with zero attached hydrogens (tertiary/aromatic N) is 2. The molecule has 130 valence electrons. The van der Waals surface area contributed by atoms with Gasteiger partial charge in [-0.25, -0.2) is 0 Å². The molecule has 3 rings (SSSR count). The highest BCUT2D eigenvalue weighted by molar-refractivity contribution is 5.94. The number of amides is 1. The molecule has 0 spiro atoms. The Bertz CT molecular complexity index is 615. The first-order valence-electron chi connectivity index (χ1n) is 8.67. The van der Waals surface area contributed by atoms with Crippen LogP contribution in [0.3, 0.4) is 0 Å². The Balaban J connectivity index is 1.53. The molecule has 2 heterocycles. The molecule has 1 aromatic carbocycles. The molecule has 0 saturated carbocycles. The highest BCUT2D eigenvalue weighted by Crippen LogP contribution is 2.31. The predicted molar refractivity (Wildman–Crippen MR) is 97.4 cm³/mol. The lowest BCUT2D eigenvalue weighted by Gasteiger charge is -2.26. The van der Waals surface area contributed by atoms with Gasteiger partial charge in [-0.05, 0) is 37.6 Å². The van der Waals surface area contributed by atoms with E-state index in [2.05, 4.69) is 39.0 Å². The average molecular weight is 329 g/mol. The van der Waals surface area contributed by atoms with Crippen molar-refractivity contribution in [1.82, 2.24) is 15.5 Å². The van der Waals surface area contributed by atoms with Crippen molar-refractivity contribution in [3.63, 3.8) is 0 Å². The molecule has 0 bridgehead atoms. The van der Waals surface area contributed by atoms with Gasteiger partial charge in [0.05, 0.1) is 0 Å². The monoisotopic (exact) mass is 329 g/mol. The van der Waals surface area contributed by atoms with Crippen LogP contribution in [-0.4, -0.2) is 57.0 Å². The van der Waals surface area contributed by atoms with E-state index in [1.165, 1.54) is 18.5 Å². The SMILES string of the molecule is CN=C(NCC1CCN(C)C1)NCC1CC(=O)Nc2ccccc21. The molecule has 6 heteroatoms. The predicted octanol–water partition coefficient (Wildman–Crippen LogP) is 1.23. The third kappa shape index (κ3) is 4.06. The molecule has 2 aliphatic rings. The second kappa shape index (κ2) is 7.66. The lowest BCUT2D eigenvalue weighted by Crippen LogP contribution is -2.42. The van der Waals surface area contributed by atoms with Crippen LogP contribution in [0.4, 0.5) is 5.69 Å². The van der Waals surface area contributed by atoms with Crippen LogP contribution in [0.1, 0.15) is 24.3 Å². The summed E-state index contributed by atoms with van der Waals surface area (Å²) in [4.78, 5) is 18.6. The summed E-state index contributed by atoms with van der Waals surface area (Å²) < 4.78 is 0. The number of anilines is 1. The third-order valence-electron chi connectivity index (χ3n) is 4.89.